The first-order valence-corrected chi connectivity index (χ1v) is 5.82. The molecule has 1 aliphatic heterocycles. The van der Waals surface area contributed by atoms with Gasteiger partial charge in [-0.1, -0.05) is 0 Å². The SMILES string of the molecule is CC(=O)N1CC(Nc2ncnc3cccnc23)C1. The number of rotatable bonds is 2. The zero-order valence-electron chi connectivity index (χ0n) is 10.00. The number of anilines is 1. The van der Waals surface area contributed by atoms with Gasteiger partial charge in [-0.05, 0) is 12.1 Å². The third-order valence-electron chi connectivity index (χ3n) is 3.06. The number of carbonyl (C=O) groups is 1. The number of hydrogen-bond acceptors (Lipinski definition) is 5. The Morgan fingerprint density at radius 3 is 3.00 bits per heavy atom. The van der Waals surface area contributed by atoms with Gasteiger partial charge in [0, 0.05) is 26.2 Å². The van der Waals surface area contributed by atoms with Crippen LogP contribution in [-0.4, -0.2) is 44.9 Å². The molecule has 0 unspecified atom stereocenters. The van der Waals surface area contributed by atoms with Crippen LogP contribution in [0.15, 0.2) is 24.7 Å². The molecular formula is C12H13N5O. The van der Waals surface area contributed by atoms with Gasteiger partial charge < -0.3 is 10.2 Å². The van der Waals surface area contributed by atoms with E-state index in [2.05, 4.69) is 20.3 Å². The number of carbonyl (C=O) groups excluding carboxylic acids is 1. The second-order valence-electron chi connectivity index (χ2n) is 4.36. The van der Waals surface area contributed by atoms with E-state index in [4.69, 9.17) is 0 Å². The lowest BCUT2D eigenvalue weighted by molar-refractivity contribution is -0.132. The molecule has 0 spiro atoms. The average molecular weight is 243 g/mol. The Morgan fingerprint density at radius 2 is 2.22 bits per heavy atom. The molecule has 1 saturated heterocycles. The lowest BCUT2D eigenvalue weighted by Gasteiger charge is -2.39. The minimum absolute atomic E-state index is 0.110. The number of aromatic nitrogens is 3. The maximum absolute atomic E-state index is 11.1. The second kappa shape index (κ2) is 4.21. The normalized spacial score (nSPS) is 15.5. The summed E-state index contributed by atoms with van der Waals surface area (Å²) in [7, 11) is 0. The molecule has 92 valence electrons. The predicted octanol–water partition coefficient (Wildman–Crippen LogP) is 0.667. The van der Waals surface area contributed by atoms with Gasteiger partial charge in [0.25, 0.3) is 0 Å². The quantitative estimate of drug-likeness (QED) is 0.839. The fourth-order valence-corrected chi connectivity index (χ4v) is 2.02. The number of pyridine rings is 1. The summed E-state index contributed by atoms with van der Waals surface area (Å²) in [5, 5.41) is 3.30. The van der Waals surface area contributed by atoms with Crippen molar-refractivity contribution in [1.82, 2.24) is 19.9 Å². The van der Waals surface area contributed by atoms with Crippen LogP contribution in [0.4, 0.5) is 5.82 Å². The van der Waals surface area contributed by atoms with E-state index in [0.29, 0.717) is 13.1 Å². The standard InChI is InChI=1S/C12H13N5O/c1-8(18)17-5-9(6-17)16-12-11-10(14-7-15-12)3-2-4-13-11/h2-4,7,9H,5-6H2,1H3,(H,14,15,16). The molecule has 0 atom stereocenters. The van der Waals surface area contributed by atoms with E-state index in [1.165, 1.54) is 6.33 Å². The molecular weight excluding hydrogens is 230 g/mol. The van der Waals surface area contributed by atoms with Crippen LogP contribution >= 0.6 is 0 Å². The van der Waals surface area contributed by atoms with Crippen molar-refractivity contribution < 1.29 is 4.79 Å². The van der Waals surface area contributed by atoms with E-state index in [-0.39, 0.29) is 11.9 Å². The molecule has 0 aliphatic carbocycles. The van der Waals surface area contributed by atoms with Crippen LogP contribution in [-0.2, 0) is 4.79 Å². The zero-order valence-corrected chi connectivity index (χ0v) is 10.00. The van der Waals surface area contributed by atoms with Crippen LogP contribution in [0, 0.1) is 0 Å². The fourth-order valence-electron chi connectivity index (χ4n) is 2.02. The van der Waals surface area contributed by atoms with Gasteiger partial charge in [-0.25, -0.2) is 9.97 Å². The Labute approximate surface area is 104 Å². The van der Waals surface area contributed by atoms with Gasteiger partial charge in [0.1, 0.15) is 11.8 Å². The van der Waals surface area contributed by atoms with Crippen molar-refractivity contribution in [3.05, 3.63) is 24.7 Å². The maximum atomic E-state index is 11.1. The van der Waals surface area contributed by atoms with Gasteiger partial charge in [0.05, 0.1) is 11.6 Å². The van der Waals surface area contributed by atoms with Crippen LogP contribution in [0.25, 0.3) is 11.0 Å². The minimum atomic E-state index is 0.110. The molecule has 18 heavy (non-hydrogen) atoms. The van der Waals surface area contributed by atoms with Crippen LogP contribution in [0.2, 0.25) is 0 Å². The molecule has 0 aromatic carbocycles. The van der Waals surface area contributed by atoms with Gasteiger partial charge in [0.2, 0.25) is 5.91 Å². The van der Waals surface area contributed by atoms with Gasteiger partial charge in [-0.15, -0.1) is 0 Å². The first kappa shape index (κ1) is 10.9. The number of hydrogen-bond donors (Lipinski definition) is 1. The van der Waals surface area contributed by atoms with Crippen LogP contribution in [0.1, 0.15) is 6.92 Å². The highest BCUT2D eigenvalue weighted by atomic mass is 16.2. The van der Waals surface area contributed by atoms with E-state index >= 15 is 0 Å². The van der Waals surface area contributed by atoms with Crippen molar-refractivity contribution in [3.63, 3.8) is 0 Å². The summed E-state index contributed by atoms with van der Waals surface area (Å²) < 4.78 is 0. The Hall–Kier alpha value is -2.24. The molecule has 0 saturated carbocycles. The lowest BCUT2D eigenvalue weighted by atomic mass is 10.1. The molecule has 2 aromatic heterocycles. The number of nitrogens with zero attached hydrogens (tertiary/aromatic N) is 4. The van der Waals surface area contributed by atoms with Gasteiger partial charge in [-0.3, -0.25) is 9.78 Å². The predicted molar refractivity (Wildman–Crippen MR) is 67.0 cm³/mol. The number of likely N-dealkylation sites (tertiary alicyclic amines) is 1. The Kier molecular flexibility index (Phi) is 2.55. The molecule has 1 amide bonds. The summed E-state index contributed by atoms with van der Waals surface area (Å²) in [6.07, 6.45) is 3.24. The molecule has 2 aromatic rings. The van der Waals surface area contributed by atoms with Crippen LogP contribution in [0.5, 0.6) is 0 Å². The third-order valence-corrected chi connectivity index (χ3v) is 3.06. The first-order chi connectivity index (χ1) is 8.74. The number of fused-ring (bicyclic) bond motifs is 1. The van der Waals surface area contributed by atoms with Crippen molar-refractivity contribution in [1.29, 1.82) is 0 Å². The summed E-state index contributed by atoms with van der Waals surface area (Å²) in [6.45, 7) is 3.01. The monoisotopic (exact) mass is 243 g/mol. The van der Waals surface area contributed by atoms with Gasteiger partial charge in [0.15, 0.2) is 5.82 Å². The van der Waals surface area contributed by atoms with Gasteiger partial charge in [-0.2, -0.15) is 0 Å². The highest BCUT2D eigenvalue weighted by Gasteiger charge is 2.28. The van der Waals surface area contributed by atoms with Crippen molar-refractivity contribution in [2.45, 2.75) is 13.0 Å². The molecule has 3 heterocycles. The largest absolute Gasteiger partial charge is 0.362 e. The van der Waals surface area contributed by atoms with Gasteiger partial charge >= 0.3 is 0 Å². The summed E-state index contributed by atoms with van der Waals surface area (Å²) >= 11 is 0. The van der Waals surface area contributed by atoms with E-state index in [0.717, 1.165) is 16.9 Å². The molecule has 6 nitrogen and oxygen atoms in total. The van der Waals surface area contributed by atoms with E-state index in [9.17, 15) is 4.79 Å². The lowest BCUT2D eigenvalue weighted by Crippen LogP contribution is -2.56. The van der Waals surface area contributed by atoms with Crippen LogP contribution < -0.4 is 5.32 Å². The zero-order chi connectivity index (χ0) is 12.5. The number of amides is 1. The molecule has 1 fully saturated rings. The smallest absolute Gasteiger partial charge is 0.219 e. The van der Waals surface area contributed by atoms with Crippen molar-refractivity contribution in [3.8, 4) is 0 Å². The maximum Gasteiger partial charge on any atom is 0.219 e. The Bertz CT molecular complexity index is 589. The van der Waals surface area contributed by atoms with Crippen molar-refractivity contribution in [2.24, 2.45) is 0 Å². The molecule has 1 aliphatic rings. The highest BCUT2D eigenvalue weighted by Crippen LogP contribution is 2.19. The van der Waals surface area contributed by atoms with Crippen molar-refractivity contribution in [2.75, 3.05) is 18.4 Å². The second-order valence-corrected chi connectivity index (χ2v) is 4.36. The summed E-state index contributed by atoms with van der Waals surface area (Å²) in [4.78, 5) is 25.5. The molecule has 3 rings (SSSR count). The first-order valence-electron chi connectivity index (χ1n) is 5.82. The molecule has 6 heteroatoms. The fraction of sp³-hybridized carbons (Fsp3) is 0.333. The minimum Gasteiger partial charge on any atom is -0.362 e. The Balaban J connectivity index is 1.78. The van der Waals surface area contributed by atoms with Crippen LogP contribution in [0.3, 0.4) is 0 Å². The van der Waals surface area contributed by atoms with E-state index in [1.807, 2.05) is 12.1 Å². The summed E-state index contributed by atoms with van der Waals surface area (Å²) in [6, 6.07) is 3.99. The molecule has 0 radical (unpaired) electrons. The topological polar surface area (TPSA) is 71.0 Å². The van der Waals surface area contributed by atoms with E-state index in [1.54, 1.807) is 18.0 Å². The van der Waals surface area contributed by atoms with E-state index < -0.39 is 0 Å². The third kappa shape index (κ3) is 1.85. The summed E-state index contributed by atoms with van der Waals surface area (Å²) in [5.74, 6) is 0.840. The highest BCUT2D eigenvalue weighted by molar-refractivity contribution is 5.84. The average Bonchev–Trinajstić information content (AvgIpc) is 2.33. The molecule has 0 bridgehead atoms. The Morgan fingerprint density at radius 1 is 1.39 bits per heavy atom. The molecule has 1 N–H and O–H groups in total. The van der Waals surface area contributed by atoms with Crippen molar-refractivity contribution >= 4 is 22.8 Å². The number of nitrogens with one attached hydrogen (secondary N) is 1. The summed E-state index contributed by atoms with van der Waals surface area (Å²) in [5.41, 5.74) is 1.58.